The Labute approximate surface area is 296 Å². The first-order chi connectivity index (χ1) is 24.7. The van der Waals surface area contributed by atoms with Crippen molar-refractivity contribution in [2.45, 2.75) is 52.4 Å². The van der Waals surface area contributed by atoms with Crippen molar-refractivity contribution in [3.63, 3.8) is 0 Å². The first kappa shape index (κ1) is 31.7. The van der Waals surface area contributed by atoms with E-state index in [1.165, 1.54) is 86.2 Å². The van der Waals surface area contributed by atoms with Crippen LogP contribution in [0.3, 0.4) is 0 Å². The summed E-state index contributed by atoms with van der Waals surface area (Å²) in [6.45, 7) is 4.52. The molecule has 0 radical (unpaired) electrons. The number of hydrogen-bond acceptors (Lipinski definition) is 1. The van der Waals surface area contributed by atoms with Crippen LogP contribution in [-0.2, 0) is 12.8 Å². The first-order valence-electron chi connectivity index (χ1n) is 18.3. The van der Waals surface area contributed by atoms with E-state index in [0.717, 1.165) is 29.9 Å². The molecule has 50 heavy (non-hydrogen) atoms. The van der Waals surface area contributed by atoms with Crippen LogP contribution >= 0.6 is 0 Å². The Kier molecular flexibility index (Phi) is 8.92. The number of aromatic nitrogens is 1. The number of unbranched alkanes of at least 4 members (excludes halogenated alkanes) is 2. The smallest absolute Gasteiger partial charge is 0.0541 e. The molecule has 7 aromatic carbocycles. The van der Waals surface area contributed by atoms with E-state index in [4.69, 9.17) is 0 Å². The summed E-state index contributed by atoms with van der Waals surface area (Å²) in [5.74, 6) is 0. The SMILES string of the molecule is CCCCc1ccc2cc(-c3ccc(N(c4ccccc4)c4ccc(-n5c6ccccc6c6cc(CCCC)ccc65)cc4)cc3)ccc2c1. The van der Waals surface area contributed by atoms with Gasteiger partial charge in [0.2, 0.25) is 0 Å². The van der Waals surface area contributed by atoms with Crippen molar-refractivity contribution >= 4 is 49.6 Å². The monoisotopic (exact) mass is 648 g/mol. The molecule has 1 heterocycles. The average Bonchev–Trinajstić information content (AvgIpc) is 3.51. The number of benzene rings is 7. The van der Waals surface area contributed by atoms with Crippen molar-refractivity contribution < 1.29 is 0 Å². The number of nitrogens with zero attached hydrogens (tertiary/aromatic N) is 2. The van der Waals surface area contributed by atoms with E-state index in [1.807, 2.05) is 0 Å². The molecule has 0 amide bonds. The zero-order valence-electron chi connectivity index (χ0n) is 29.1. The third-order valence-corrected chi connectivity index (χ3v) is 10.1. The van der Waals surface area contributed by atoms with Crippen LogP contribution in [0.2, 0.25) is 0 Å². The highest BCUT2D eigenvalue weighted by atomic mass is 15.1. The van der Waals surface area contributed by atoms with Gasteiger partial charge in [-0.2, -0.15) is 0 Å². The van der Waals surface area contributed by atoms with Crippen LogP contribution in [0.15, 0.2) is 158 Å². The molecule has 0 aliphatic carbocycles. The van der Waals surface area contributed by atoms with Gasteiger partial charge in [-0.15, -0.1) is 0 Å². The molecule has 0 N–H and O–H groups in total. The van der Waals surface area contributed by atoms with Gasteiger partial charge in [0.05, 0.1) is 11.0 Å². The van der Waals surface area contributed by atoms with Crippen molar-refractivity contribution in [1.29, 1.82) is 0 Å². The van der Waals surface area contributed by atoms with Crippen LogP contribution in [0.4, 0.5) is 17.1 Å². The van der Waals surface area contributed by atoms with Crippen molar-refractivity contribution in [1.82, 2.24) is 4.57 Å². The number of fused-ring (bicyclic) bond motifs is 4. The van der Waals surface area contributed by atoms with Gasteiger partial charge >= 0.3 is 0 Å². The minimum atomic E-state index is 1.12. The molecule has 0 spiro atoms. The summed E-state index contributed by atoms with van der Waals surface area (Å²) in [7, 11) is 0. The Morgan fingerprint density at radius 1 is 0.440 bits per heavy atom. The van der Waals surface area contributed by atoms with Crippen LogP contribution in [0, 0.1) is 0 Å². The Bertz CT molecular complexity index is 2380. The first-order valence-corrected chi connectivity index (χ1v) is 18.3. The average molecular weight is 649 g/mol. The van der Waals surface area contributed by atoms with E-state index in [-0.39, 0.29) is 0 Å². The molecule has 8 rings (SSSR count). The van der Waals surface area contributed by atoms with Crippen LogP contribution in [0.25, 0.3) is 49.4 Å². The highest BCUT2D eigenvalue weighted by molar-refractivity contribution is 6.09. The second-order valence-electron chi connectivity index (χ2n) is 13.5. The van der Waals surface area contributed by atoms with Crippen LogP contribution < -0.4 is 4.90 Å². The number of rotatable bonds is 11. The maximum atomic E-state index is 2.41. The van der Waals surface area contributed by atoms with E-state index in [2.05, 4.69) is 181 Å². The second kappa shape index (κ2) is 14.1. The minimum Gasteiger partial charge on any atom is -0.311 e. The van der Waals surface area contributed by atoms with Crippen molar-refractivity contribution in [3.8, 4) is 16.8 Å². The number of hydrogen-bond donors (Lipinski definition) is 0. The summed E-state index contributed by atoms with van der Waals surface area (Å²) in [4.78, 5) is 2.34. The lowest BCUT2D eigenvalue weighted by Crippen LogP contribution is -2.10. The van der Waals surface area contributed by atoms with Crippen LogP contribution in [0.1, 0.15) is 50.7 Å². The summed E-state index contributed by atoms with van der Waals surface area (Å²) in [5, 5.41) is 5.24. The Morgan fingerprint density at radius 3 is 1.74 bits per heavy atom. The predicted octanol–water partition coefficient (Wildman–Crippen LogP) is 13.8. The summed E-state index contributed by atoms with van der Waals surface area (Å²) < 4.78 is 2.41. The zero-order valence-corrected chi connectivity index (χ0v) is 29.1. The predicted molar refractivity (Wildman–Crippen MR) is 216 cm³/mol. The number of aryl methyl sites for hydroxylation is 2. The summed E-state index contributed by atoms with van der Waals surface area (Å²) in [6, 6.07) is 58.3. The van der Waals surface area contributed by atoms with Gasteiger partial charge in [0.1, 0.15) is 0 Å². The van der Waals surface area contributed by atoms with Gasteiger partial charge in [0, 0.05) is 33.5 Å². The van der Waals surface area contributed by atoms with Gasteiger partial charge < -0.3 is 9.47 Å². The van der Waals surface area contributed by atoms with E-state index >= 15 is 0 Å². The highest BCUT2D eigenvalue weighted by Gasteiger charge is 2.16. The molecule has 8 aromatic rings. The topological polar surface area (TPSA) is 8.17 Å². The van der Waals surface area contributed by atoms with E-state index in [1.54, 1.807) is 0 Å². The molecule has 2 nitrogen and oxygen atoms in total. The molecule has 0 aliphatic heterocycles. The number of anilines is 3. The molecular weight excluding hydrogens is 605 g/mol. The molecule has 0 saturated carbocycles. The van der Waals surface area contributed by atoms with Crippen LogP contribution in [0.5, 0.6) is 0 Å². The van der Waals surface area contributed by atoms with Crippen LogP contribution in [-0.4, -0.2) is 4.57 Å². The largest absolute Gasteiger partial charge is 0.311 e. The Hall–Kier alpha value is -5.60. The fourth-order valence-corrected chi connectivity index (χ4v) is 7.42. The molecule has 0 bridgehead atoms. The maximum absolute atomic E-state index is 2.41. The maximum Gasteiger partial charge on any atom is 0.0541 e. The molecule has 0 atom stereocenters. The molecule has 1 aromatic heterocycles. The van der Waals surface area contributed by atoms with Crippen molar-refractivity contribution in [2.75, 3.05) is 4.90 Å². The van der Waals surface area contributed by atoms with Gasteiger partial charge in [-0.25, -0.2) is 0 Å². The fourth-order valence-electron chi connectivity index (χ4n) is 7.42. The Balaban J connectivity index is 1.13. The third-order valence-electron chi connectivity index (χ3n) is 10.1. The normalized spacial score (nSPS) is 11.5. The molecule has 0 fully saturated rings. The van der Waals surface area contributed by atoms with Gasteiger partial charge in [-0.05, 0) is 132 Å². The van der Waals surface area contributed by atoms with Crippen molar-refractivity contribution in [2.24, 2.45) is 0 Å². The Morgan fingerprint density at radius 2 is 1.00 bits per heavy atom. The van der Waals surface area contributed by atoms with Gasteiger partial charge in [0.15, 0.2) is 0 Å². The molecule has 2 heteroatoms. The van der Waals surface area contributed by atoms with Crippen molar-refractivity contribution in [3.05, 3.63) is 169 Å². The lowest BCUT2D eigenvalue weighted by molar-refractivity contribution is 0.796. The third kappa shape index (κ3) is 6.18. The van der Waals surface area contributed by atoms with Gasteiger partial charge in [0.25, 0.3) is 0 Å². The molecule has 0 saturated heterocycles. The summed E-state index contributed by atoms with van der Waals surface area (Å²) in [5.41, 5.74) is 12.3. The summed E-state index contributed by atoms with van der Waals surface area (Å²) in [6.07, 6.45) is 7.16. The lowest BCUT2D eigenvalue weighted by atomic mass is 9.98. The lowest BCUT2D eigenvalue weighted by Gasteiger charge is -2.26. The molecule has 0 aliphatic rings. The number of para-hydroxylation sites is 2. The second-order valence-corrected chi connectivity index (χ2v) is 13.5. The van der Waals surface area contributed by atoms with E-state index in [0.29, 0.717) is 0 Å². The van der Waals surface area contributed by atoms with E-state index < -0.39 is 0 Å². The molecule has 246 valence electrons. The minimum absolute atomic E-state index is 1.12. The molecule has 0 unspecified atom stereocenters. The highest BCUT2D eigenvalue weighted by Crippen LogP contribution is 2.38. The fraction of sp³-hybridized carbons (Fsp3) is 0.167. The van der Waals surface area contributed by atoms with Gasteiger partial charge in [-0.1, -0.05) is 112 Å². The van der Waals surface area contributed by atoms with Gasteiger partial charge in [-0.3, -0.25) is 0 Å². The quantitative estimate of drug-likeness (QED) is 0.135. The van der Waals surface area contributed by atoms with E-state index in [9.17, 15) is 0 Å². The zero-order chi connectivity index (χ0) is 33.9. The summed E-state index contributed by atoms with van der Waals surface area (Å²) >= 11 is 0. The standard InChI is InChI=1S/C48H44N2/c1-3-5-12-35-18-20-40-34-39(22-21-38(40)32-35)37-23-25-42(26-24-37)49(41-14-8-7-9-15-41)43-27-29-44(30-28-43)50-47-17-11-10-16-45(47)46-33-36(13-6-4-2)19-31-48(46)50/h7-11,14-34H,3-6,12-13H2,1-2H3. The molecular formula is C48H44N2.